The molecule has 4 rings (SSSR count). The van der Waals surface area contributed by atoms with Crippen LogP contribution in [0.5, 0.6) is 0 Å². The van der Waals surface area contributed by atoms with Crippen molar-refractivity contribution in [3.05, 3.63) is 75.7 Å². The first-order valence-electron chi connectivity index (χ1n) is 11.6. The lowest BCUT2D eigenvalue weighted by Gasteiger charge is -2.30. The van der Waals surface area contributed by atoms with E-state index in [2.05, 4.69) is 5.32 Å². The van der Waals surface area contributed by atoms with Crippen LogP contribution in [-0.4, -0.2) is 49.2 Å². The monoisotopic (exact) mass is 543 g/mol. The van der Waals surface area contributed by atoms with Gasteiger partial charge in [0, 0.05) is 36.0 Å². The number of piperidine rings is 1. The first-order chi connectivity index (χ1) is 17.7. The SMILES string of the molecule is CCOC(=O)c1sc(-c2cccc([N+](=O)[O-])c2)cc1NC(=O)C1CCN(S(=O)(=O)c2ccccc2)CC1. The third-order valence-electron chi connectivity index (χ3n) is 6.00. The summed E-state index contributed by atoms with van der Waals surface area (Å²) in [6.45, 7) is 2.21. The Kier molecular flexibility index (Phi) is 8.00. The molecule has 0 radical (unpaired) electrons. The number of nitrogens with one attached hydrogen (secondary N) is 1. The molecule has 194 valence electrons. The number of carbonyl (C=O) groups excluding carboxylic acids is 2. The first-order valence-corrected chi connectivity index (χ1v) is 13.9. The summed E-state index contributed by atoms with van der Waals surface area (Å²) in [5, 5.41) is 14.0. The van der Waals surface area contributed by atoms with Crippen molar-refractivity contribution >= 4 is 44.6 Å². The predicted molar refractivity (Wildman–Crippen MR) is 139 cm³/mol. The number of thiophene rings is 1. The zero-order valence-electron chi connectivity index (χ0n) is 20.0. The van der Waals surface area contributed by atoms with Gasteiger partial charge in [-0.1, -0.05) is 30.3 Å². The van der Waals surface area contributed by atoms with Gasteiger partial charge in [-0.3, -0.25) is 14.9 Å². The van der Waals surface area contributed by atoms with Gasteiger partial charge in [-0.25, -0.2) is 13.2 Å². The van der Waals surface area contributed by atoms with Crippen molar-refractivity contribution in [1.29, 1.82) is 0 Å². The Bertz CT molecular complexity index is 1410. The topological polar surface area (TPSA) is 136 Å². The van der Waals surface area contributed by atoms with Crippen molar-refractivity contribution in [1.82, 2.24) is 4.31 Å². The number of anilines is 1. The number of nitro benzene ring substituents is 1. The average Bonchev–Trinajstić information content (AvgIpc) is 3.33. The van der Waals surface area contributed by atoms with Gasteiger partial charge < -0.3 is 10.1 Å². The van der Waals surface area contributed by atoms with E-state index in [1.807, 2.05) is 0 Å². The maximum absolute atomic E-state index is 13.1. The molecule has 0 atom stereocenters. The molecule has 2 heterocycles. The smallest absolute Gasteiger partial charge is 0.350 e. The van der Waals surface area contributed by atoms with Crippen LogP contribution < -0.4 is 5.32 Å². The fraction of sp³-hybridized carbons (Fsp3) is 0.280. The summed E-state index contributed by atoms with van der Waals surface area (Å²) < 4.78 is 32.3. The highest BCUT2D eigenvalue weighted by molar-refractivity contribution is 7.89. The van der Waals surface area contributed by atoms with Crippen molar-refractivity contribution in [2.75, 3.05) is 25.0 Å². The molecule has 3 aromatic rings. The average molecular weight is 544 g/mol. The molecule has 1 fully saturated rings. The van der Waals surface area contributed by atoms with Gasteiger partial charge in [-0.15, -0.1) is 11.3 Å². The summed E-state index contributed by atoms with van der Waals surface area (Å²) >= 11 is 1.07. The van der Waals surface area contributed by atoms with E-state index >= 15 is 0 Å². The second kappa shape index (κ2) is 11.2. The molecule has 0 spiro atoms. The van der Waals surface area contributed by atoms with Crippen molar-refractivity contribution in [3.63, 3.8) is 0 Å². The molecule has 0 unspecified atom stereocenters. The Hall–Kier alpha value is -3.61. The third-order valence-corrected chi connectivity index (χ3v) is 9.07. The fourth-order valence-electron chi connectivity index (χ4n) is 4.08. The second-order valence-corrected chi connectivity index (χ2v) is 11.4. The number of esters is 1. The molecular weight excluding hydrogens is 518 g/mol. The molecule has 1 N–H and O–H groups in total. The highest BCUT2D eigenvalue weighted by Gasteiger charge is 2.33. The molecule has 1 aromatic heterocycles. The van der Waals surface area contributed by atoms with Crippen LogP contribution in [0.15, 0.2) is 65.6 Å². The number of amides is 1. The van der Waals surface area contributed by atoms with Crippen LogP contribution in [0.2, 0.25) is 0 Å². The van der Waals surface area contributed by atoms with E-state index < -0.39 is 26.8 Å². The lowest BCUT2D eigenvalue weighted by Crippen LogP contribution is -2.41. The van der Waals surface area contributed by atoms with Gasteiger partial charge in [0.2, 0.25) is 15.9 Å². The Morgan fingerprint density at radius 1 is 1.11 bits per heavy atom. The zero-order valence-corrected chi connectivity index (χ0v) is 21.6. The summed E-state index contributed by atoms with van der Waals surface area (Å²) in [6.07, 6.45) is 0.656. The molecule has 0 bridgehead atoms. The molecule has 2 aromatic carbocycles. The van der Waals surface area contributed by atoms with E-state index in [9.17, 15) is 28.1 Å². The molecule has 1 saturated heterocycles. The summed E-state index contributed by atoms with van der Waals surface area (Å²) in [7, 11) is -3.64. The lowest BCUT2D eigenvalue weighted by molar-refractivity contribution is -0.384. The minimum atomic E-state index is -3.64. The van der Waals surface area contributed by atoms with E-state index in [1.54, 1.807) is 55.5 Å². The van der Waals surface area contributed by atoms with Gasteiger partial charge in [0.1, 0.15) is 4.88 Å². The number of hydrogen-bond donors (Lipinski definition) is 1. The largest absolute Gasteiger partial charge is 0.462 e. The van der Waals surface area contributed by atoms with Gasteiger partial charge in [0.25, 0.3) is 5.69 Å². The first kappa shape index (κ1) is 26.5. The van der Waals surface area contributed by atoms with Crippen molar-refractivity contribution < 1.29 is 27.7 Å². The van der Waals surface area contributed by atoms with E-state index in [-0.39, 0.29) is 46.8 Å². The second-order valence-electron chi connectivity index (χ2n) is 8.36. The molecule has 10 nitrogen and oxygen atoms in total. The van der Waals surface area contributed by atoms with Gasteiger partial charge in [-0.2, -0.15) is 4.31 Å². The van der Waals surface area contributed by atoms with Crippen molar-refractivity contribution in [2.45, 2.75) is 24.7 Å². The quantitative estimate of drug-likeness (QED) is 0.250. The fourth-order valence-corrected chi connectivity index (χ4v) is 6.58. The van der Waals surface area contributed by atoms with E-state index in [4.69, 9.17) is 4.74 Å². The number of nitrogens with zero attached hydrogens (tertiary/aromatic N) is 2. The Labute approximate surface area is 218 Å². The van der Waals surface area contributed by atoms with Crippen molar-refractivity contribution in [2.24, 2.45) is 5.92 Å². The minimum Gasteiger partial charge on any atom is -0.462 e. The number of hydrogen-bond acceptors (Lipinski definition) is 8. The molecule has 1 aliphatic heterocycles. The molecule has 1 aliphatic rings. The summed E-state index contributed by atoms with van der Waals surface area (Å²) in [6, 6.07) is 15.8. The number of benzene rings is 2. The summed E-state index contributed by atoms with van der Waals surface area (Å²) in [5.74, 6) is -1.38. The predicted octanol–water partition coefficient (Wildman–Crippen LogP) is 4.54. The van der Waals surface area contributed by atoms with Crippen molar-refractivity contribution in [3.8, 4) is 10.4 Å². The van der Waals surface area contributed by atoms with E-state index in [1.165, 1.54) is 16.4 Å². The summed E-state index contributed by atoms with van der Waals surface area (Å²) in [4.78, 5) is 37.3. The van der Waals surface area contributed by atoms with Crippen LogP contribution >= 0.6 is 11.3 Å². The van der Waals surface area contributed by atoms with Gasteiger partial charge in [-0.05, 0) is 43.5 Å². The Balaban J connectivity index is 1.50. The van der Waals surface area contributed by atoms with E-state index in [0.717, 1.165) is 11.3 Å². The number of nitro groups is 1. The van der Waals surface area contributed by atoms with Crippen LogP contribution in [0.25, 0.3) is 10.4 Å². The summed E-state index contributed by atoms with van der Waals surface area (Å²) in [5.41, 5.74) is 0.699. The number of sulfonamides is 1. The number of ether oxygens (including phenoxy) is 1. The zero-order chi connectivity index (χ0) is 26.6. The Morgan fingerprint density at radius 2 is 1.81 bits per heavy atom. The number of carbonyl (C=O) groups is 2. The lowest BCUT2D eigenvalue weighted by atomic mass is 9.97. The molecule has 1 amide bonds. The maximum Gasteiger partial charge on any atom is 0.350 e. The standard InChI is InChI=1S/C25H25N3O7S2/c1-2-35-25(30)23-21(16-22(36-23)18-7-6-8-19(15-18)28(31)32)26-24(29)17-11-13-27(14-12-17)37(33,34)20-9-4-3-5-10-20/h3-10,15-17H,2,11-14H2,1H3,(H,26,29). The molecule has 37 heavy (non-hydrogen) atoms. The van der Waals surface area contributed by atoms with Crippen LogP contribution in [0.1, 0.15) is 29.4 Å². The minimum absolute atomic E-state index is 0.0913. The van der Waals surface area contributed by atoms with Gasteiger partial charge >= 0.3 is 5.97 Å². The van der Waals surface area contributed by atoms with E-state index in [0.29, 0.717) is 23.3 Å². The van der Waals surface area contributed by atoms with Crippen LogP contribution in [0, 0.1) is 16.0 Å². The highest BCUT2D eigenvalue weighted by atomic mass is 32.2. The molecule has 0 aliphatic carbocycles. The molecular formula is C25H25N3O7S2. The molecule has 12 heteroatoms. The Morgan fingerprint density at radius 3 is 2.46 bits per heavy atom. The third kappa shape index (κ3) is 5.87. The van der Waals surface area contributed by atoms with Gasteiger partial charge in [0.05, 0.1) is 22.1 Å². The molecule has 0 saturated carbocycles. The van der Waals surface area contributed by atoms with Gasteiger partial charge in [0.15, 0.2) is 0 Å². The van der Waals surface area contributed by atoms with Crippen LogP contribution in [-0.2, 0) is 19.6 Å². The van der Waals surface area contributed by atoms with Crippen LogP contribution in [0.3, 0.4) is 0 Å². The highest BCUT2D eigenvalue weighted by Crippen LogP contribution is 2.37. The van der Waals surface area contributed by atoms with Crippen LogP contribution in [0.4, 0.5) is 11.4 Å². The normalized spacial score (nSPS) is 14.7. The number of non-ortho nitro benzene ring substituents is 1. The number of rotatable bonds is 8. The maximum atomic E-state index is 13.1.